The molecule has 108 valence electrons. The molecule has 2 rings (SSSR count). The molecule has 2 aliphatic carbocycles. The quantitative estimate of drug-likeness (QED) is 0.760. The Morgan fingerprint density at radius 3 is 1.42 bits per heavy atom. The normalized spacial score (nSPS) is 24.4. The Bertz CT molecular complexity index is 292. The summed E-state index contributed by atoms with van der Waals surface area (Å²) in [6.45, 7) is 0. The molecule has 2 aliphatic rings. The molecule has 2 fully saturated rings. The van der Waals surface area contributed by atoms with Gasteiger partial charge >= 0.3 is 0 Å². The van der Waals surface area contributed by atoms with E-state index < -0.39 is 0 Å². The summed E-state index contributed by atoms with van der Waals surface area (Å²) in [5.74, 6) is 1.02. The average molecular weight is 264 g/mol. The lowest BCUT2D eigenvalue weighted by Gasteiger charge is -2.22. The number of hydrogen-bond donors (Lipinski definition) is 2. The van der Waals surface area contributed by atoms with Crippen molar-refractivity contribution >= 4 is 0 Å². The van der Waals surface area contributed by atoms with E-state index >= 15 is 0 Å². The Labute approximate surface area is 117 Å². The van der Waals surface area contributed by atoms with E-state index in [1.807, 2.05) is 0 Å². The van der Waals surface area contributed by atoms with Crippen LogP contribution in [0.2, 0.25) is 0 Å². The predicted octanol–water partition coefficient (Wildman–Crippen LogP) is 3.76. The first-order valence-corrected chi connectivity index (χ1v) is 7.84. The van der Waals surface area contributed by atoms with Crippen molar-refractivity contribution in [3.8, 4) is 0 Å². The third-order valence-corrected chi connectivity index (χ3v) is 4.56. The SMILES string of the molecule is NC(=COC=C(N)C1CCCCC1)C1CCCCC1. The summed E-state index contributed by atoms with van der Waals surface area (Å²) < 4.78 is 5.49. The number of allylic oxidation sites excluding steroid dienone is 2. The molecule has 0 aliphatic heterocycles. The van der Waals surface area contributed by atoms with Gasteiger partial charge < -0.3 is 16.2 Å². The molecule has 0 aromatic carbocycles. The monoisotopic (exact) mass is 264 g/mol. The Morgan fingerprint density at radius 1 is 0.684 bits per heavy atom. The van der Waals surface area contributed by atoms with Crippen LogP contribution in [0.25, 0.3) is 0 Å². The highest BCUT2D eigenvalue weighted by Gasteiger charge is 2.17. The lowest BCUT2D eigenvalue weighted by atomic mass is 9.87. The Hall–Kier alpha value is -1.12. The van der Waals surface area contributed by atoms with Crippen molar-refractivity contribution in [2.24, 2.45) is 23.3 Å². The van der Waals surface area contributed by atoms with Gasteiger partial charge in [-0.3, -0.25) is 0 Å². The van der Waals surface area contributed by atoms with E-state index in [2.05, 4.69) is 0 Å². The van der Waals surface area contributed by atoms with Gasteiger partial charge in [-0.2, -0.15) is 0 Å². The first kappa shape index (κ1) is 14.3. The molecule has 2 saturated carbocycles. The number of nitrogens with two attached hydrogens (primary N) is 2. The molecular formula is C16H28N2O. The van der Waals surface area contributed by atoms with Gasteiger partial charge in [0, 0.05) is 23.2 Å². The van der Waals surface area contributed by atoms with Crippen LogP contribution in [-0.2, 0) is 4.74 Å². The minimum atomic E-state index is 0.512. The molecule has 0 bridgehead atoms. The minimum Gasteiger partial charge on any atom is -0.469 e. The lowest BCUT2D eigenvalue weighted by molar-refractivity contribution is 0.341. The fourth-order valence-corrected chi connectivity index (χ4v) is 3.26. The summed E-state index contributed by atoms with van der Waals surface area (Å²) in [4.78, 5) is 0. The zero-order valence-corrected chi connectivity index (χ0v) is 11.9. The molecule has 0 spiro atoms. The van der Waals surface area contributed by atoms with Crippen LogP contribution in [0.1, 0.15) is 64.2 Å². The van der Waals surface area contributed by atoms with Crippen molar-refractivity contribution in [3.63, 3.8) is 0 Å². The van der Waals surface area contributed by atoms with Crippen LogP contribution in [0, 0.1) is 11.8 Å². The molecule has 0 aromatic heterocycles. The number of hydrogen-bond acceptors (Lipinski definition) is 3. The van der Waals surface area contributed by atoms with E-state index in [9.17, 15) is 0 Å². The molecule has 0 amide bonds. The van der Waals surface area contributed by atoms with E-state index in [0.29, 0.717) is 11.8 Å². The Kier molecular flexibility index (Phi) is 5.62. The average Bonchev–Trinajstić information content (AvgIpc) is 2.49. The van der Waals surface area contributed by atoms with Crippen molar-refractivity contribution < 1.29 is 4.74 Å². The van der Waals surface area contributed by atoms with Gasteiger partial charge in [0.1, 0.15) is 12.5 Å². The van der Waals surface area contributed by atoms with Crippen LogP contribution in [-0.4, -0.2) is 0 Å². The molecular weight excluding hydrogens is 236 g/mol. The van der Waals surface area contributed by atoms with E-state index in [0.717, 1.165) is 11.4 Å². The molecule has 4 N–H and O–H groups in total. The molecule has 0 atom stereocenters. The first-order chi connectivity index (χ1) is 9.27. The molecule has 0 aromatic rings. The van der Waals surface area contributed by atoms with E-state index in [-0.39, 0.29) is 0 Å². The summed E-state index contributed by atoms with van der Waals surface area (Å²) >= 11 is 0. The molecule has 3 heteroatoms. The van der Waals surface area contributed by atoms with Crippen LogP contribution in [0.4, 0.5) is 0 Å². The highest BCUT2D eigenvalue weighted by molar-refractivity contribution is 5.03. The third-order valence-electron chi connectivity index (χ3n) is 4.56. The van der Waals surface area contributed by atoms with Crippen molar-refractivity contribution in [2.75, 3.05) is 0 Å². The largest absolute Gasteiger partial charge is 0.469 e. The summed E-state index contributed by atoms with van der Waals surface area (Å²) in [6.07, 6.45) is 16.1. The maximum atomic E-state index is 6.08. The van der Waals surface area contributed by atoms with Crippen molar-refractivity contribution in [3.05, 3.63) is 23.9 Å². The highest BCUT2D eigenvalue weighted by Crippen LogP contribution is 2.28. The summed E-state index contributed by atoms with van der Waals surface area (Å²) in [5, 5.41) is 0. The van der Waals surface area contributed by atoms with Gasteiger partial charge in [-0.25, -0.2) is 0 Å². The Balaban J connectivity index is 1.79. The van der Waals surface area contributed by atoms with Gasteiger partial charge in [-0.15, -0.1) is 0 Å². The van der Waals surface area contributed by atoms with Crippen LogP contribution < -0.4 is 11.5 Å². The predicted molar refractivity (Wildman–Crippen MR) is 78.8 cm³/mol. The standard InChI is InChI=1S/C16H28N2O/c17-15(13-7-3-1-4-8-13)11-19-12-16(18)14-9-5-2-6-10-14/h11-14H,1-10,17-18H2. The van der Waals surface area contributed by atoms with Crippen LogP contribution in [0.5, 0.6) is 0 Å². The highest BCUT2D eigenvalue weighted by atomic mass is 16.5. The topological polar surface area (TPSA) is 61.3 Å². The zero-order valence-electron chi connectivity index (χ0n) is 11.9. The summed E-state index contributed by atoms with van der Waals surface area (Å²) in [5.41, 5.74) is 13.9. The Morgan fingerprint density at radius 2 is 1.05 bits per heavy atom. The molecule has 0 unspecified atom stereocenters. The van der Waals surface area contributed by atoms with Gasteiger partial charge in [0.2, 0.25) is 0 Å². The van der Waals surface area contributed by atoms with Crippen molar-refractivity contribution in [2.45, 2.75) is 64.2 Å². The van der Waals surface area contributed by atoms with E-state index in [1.165, 1.54) is 64.2 Å². The molecule has 19 heavy (non-hydrogen) atoms. The van der Waals surface area contributed by atoms with E-state index in [4.69, 9.17) is 16.2 Å². The second-order valence-electron chi connectivity index (χ2n) is 6.04. The van der Waals surface area contributed by atoms with Crippen LogP contribution >= 0.6 is 0 Å². The van der Waals surface area contributed by atoms with Gasteiger partial charge in [-0.05, 0) is 25.7 Å². The van der Waals surface area contributed by atoms with E-state index in [1.54, 1.807) is 12.5 Å². The first-order valence-electron chi connectivity index (χ1n) is 7.84. The summed E-state index contributed by atoms with van der Waals surface area (Å²) in [7, 11) is 0. The van der Waals surface area contributed by atoms with Gasteiger partial charge in [0.05, 0.1) is 0 Å². The lowest BCUT2D eigenvalue weighted by Crippen LogP contribution is -2.16. The van der Waals surface area contributed by atoms with Gasteiger partial charge in [0.25, 0.3) is 0 Å². The summed E-state index contributed by atoms with van der Waals surface area (Å²) in [6, 6.07) is 0. The smallest absolute Gasteiger partial charge is 0.109 e. The molecule has 0 heterocycles. The van der Waals surface area contributed by atoms with Crippen LogP contribution in [0.15, 0.2) is 23.9 Å². The zero-order chi connectivity index (χ0) is 13.5. The molecule has 0 radical (unpaired) electrons. The number of ether oxygens (including phenoxy) is 1. The fourth-order valence-electron chi connectivity index (χ4n) is 3.26. The fraction of sp³-hybridized carbons (Fsp3) is 0.750. The maximum absolute atomic E-state index is 6.08. The minimum absolute atomic E-state index is 0.512. The van der Waals surface area contributed by atoms with Gasteiger partial charge in [0.15, 0.2) is 0 Å². The molecule has 3 nitrogen and oxygen atoms in total. The van der Waals surface area contributed by atoms with Crippen LogP contribution in [0.3, 0.4) is 0 Å². The second kappa shape index (κ2) is 7.46. The maximum Gasteiger partial charge on any atom is 0.109 e. The second-order valence-corrected chi connectivity index (χ2v) is 6.04. The third kappa shape index (κ3) is 4.48. The number of rotatable bonds is 4. The van der Waals surface area contributed by atoms with Crippen molar-refractivity contribution in [1.29, 1.82) is 0 Å². The molecule has 0 saturated heterocycles. The van der Waals surface area contributed by atoms with Crippen molar-refractivity contribution in [1.82, 2.24) is 0 Å². The van der Waals surface area contributed by atoms with Gasteiger partial charge in [-0.1, -0.05) is 38.5 Å².